The van der Waals surface area contributed by atoms with Crippen LogP contribution in [0.2, 0.25) is 0 Å². The molecular formula is C29H15F6N3O. The number of ether oxygens (including phenoxy) is 1. The van der Waals surface area contributed by atoms with Gasteiger partial charge in [0.1, 0.15) is 17.3 Å². The van der Waals surface area contributed by atoms with Gasteiger partial charge in [0.25, 0.3) is 0 Å². The number of aliphatic imine (C=N–C) groups is 1. The lowest BCUT2D eigenvalue weighted by Crippen LogP contribution is -2.05. The van der Waals surface area contributed by atoms with E-state index in [1.165, 1.54) is 7.11 Å². The van der Waals surface area contributed by atoms with Crippen LogP contribution in [-0.4, -0.2) is 17.8 Å². The van der Waals surface area contributed by atoms with Gasteiger partial charge < -0.3 is 10.1 Å². The zero-order valence-corrected chi connectivity index (χ0v) is 19.9. The Labute approximate surface area is 217 Å². The number of hydrogen-bond donors (Lipinski definition) is 1. The van der Waals surface area contributed by atoms with Gasteiger partial charge in [0.15, 0.2) is 34.9 Å². The van der Waals surface area contributed by atoms with Crippen LogP contribution in [0.1, 0.15) is 11.1 Å². The molecule has 0 amide bonds. The first-order valence-electron chi connectivity index (χ1n) is 11.5. The second kappa shape index (κ2) is 9.16. The van der Waals surface area contributed by atoms with Crippen LogP contribution in [0, 0.1) is 34.9 Å². The molecule has 0 fully saturated rings. The second-order valence-corrected chi connectivity index (χ2v) is 8.64. The fourth-order valence-electron chi connectivity index (χ4n) is 4.60. The number of halogens is 6. The summed E-state index contributed by atoms with van der Waals surface area (Å²) in [5.74, 6) is -8.44. The van der Waals surface area contributed by atoms with Gasteiger partial charge >= 0.3 is 0 Å². The number of aromatic nitrogens is 1. The van der Waals surface area contributed by atoms with Crippen LogP contribution in [0.4, 0.5) is 43.5 Å². The van der Waals surface area contributed by atoms with E-state index in [-0.39, 0.29) is 17.2 Å². The minimum absolute atomic E-state index is 0.0796. The molecule has 4 nitrogen and oxygen atoms in total. The number of fused-ring (bicyclic) bond motifs is 5. The summed E-state index contributed by atoms with van der Waals surface area (Å²) in [6, 6.07) is 15.4. The first-order chi connectivity index (χ1) is 18.8. The van der Waals surface area contributed by atoms with Gasteiger partial charge in [-0.2, -0.15) is 0 Å². The molecular weight excluding hydrogens is 520 g/mol. The van der Waals surface area contributed by atoms with Crippen LogP contribution in [0.15, 0.2) is 71.7 Å². The molecule has 4 aromatic carbocycles. The average Bonchev–Trinajstić information content (AvgIpc) is 3.27. The highest BCUT2D eigenvalue weighted by Crippen LogP contribution is 2.47. The molecule has 0 unspecified atom stereocenters. The minimum Gasteiger partial charge on any atom is -0.497 e. The number of para-hydroxylation sites is 1. The highest BCUT2D eigenvalue weighted by atomic mass is 19.2. The standard InChI is InChI=1S/C29H15F6N3O/c1-39-13-6-7-14-16(12-13)28(36-20-10-8-17(30)24(32)26(20)34)22-15-4-2-3-5-19(15)37-29(23(14)22)38-21-11-9-18(31)25(33)27(21)35/h2-12H,1H3,(H,37,38). The summed E-state index contributed by atoms with van der Waals surface area (Å²) in [5, 5.41) is 3.32. The number of nitrogens with zero attached hydrogens (tertiary/aromatic N) is 2. The summed E-state index contributed by atoms with van der Waals surface area (Å²) in [7, 11) is 1.45. The molecule has 39 heavy (non-hydrogen) atoms. The highest BCUT2D eigenvalue weighted by molar-refractivity contribution is 6.31. The van der Waals surface area contributed by atoms with E-state index in [1.807, 2.05) is 0 Å². The van der Waals surface area contributed by atoms with Crippen molar-refractivity contribution in [2.24, 2.45) is 4.99 Å². The van der Waals surface area contributed by atoms with Crippen molar-refractivity contribution >= 4 is 33.8 Å². The number of anilines is 2. The lowest BCUT2D eigenvalue weighted by molar-refractivity contribution is 0.415. The minimum atomic E-state index is -1.67. The number of rotatable bonds is 4. The number of nitrogens with one attached hydrogen (secondary N) is 1. The van der Waals surface area contributed by atoms with Gasteiger partial charge in [0.2, 0.25) is 0 Å². The molecule has 194 valence electrons. The fourth-order valence-corrected chi connectivity index (χ4v) is 4.60. The van der Waals surface area contributed by atoms with Crippen molar-refractivity contribution in [3.05, 3.63) is 113 Å². The Hall–Kier alpha value is -4.86. The van der Waals surface area contributed by atoms with Gasteiger partial charge in [-0.25, -0.2) is 36.3 Å². The van der Waals surface area contributed by atoms with Crippen molar-refractivity contribution in [1.82, 2.24) is 4.98 Å². The third-order valence-corrected chi connectivity index (χ3v) is 6.42. The molecule has 6 rings (SSSR count). The smallest absolute Gasteiger partial charge is 0.196 e. The van der Waals surface area contributed by atoms with Crippen molar-refractivity contribution < 1.29 is 31.1 Å². The summed E-state index contributed by atoms with van der Waals surface area (Å²) in [4.78, 5) is 9.00. The number of pyridine rings is 1. The van der Waals surface area contributed by atoms with Crippen LogP contribution < -0.4 is 10.1 Å². The van der Waals surface area contributed by atoms with E-state index in [1.54, 1.807) is 42.5 Å². The quantitative estimate of drug-likeness (QED) is 0.184. The van der Waals surface area contributed by atoms with E-state index in [4.69, 9.17) is 4.74 Å². The number of hydrogen-bond acceptors (Lipinski definition) is 4. The van der Waals surface area contributed by atoms with Gasteiger partial charge in [0, 0.05) is 22.1 Å². The van der Waals surface area contributed by atoms with Crippen molar-refractivity contribution in [3.8, 4) is 16.9 Å². The molecule has 5 aromatic rings. The Morgan fingerprint density at radius 3 is 2.21 bits per heavy atom. The highest BCUT2D eigenvalue weighted by Gasteiger charge is 2.32. The molecule has 1 aliphatic carbocycles. The molecule has 0 saturated carbocycles. The van der Waals surface area contributed by atoms with E-state index < -0.39 is 40.6 Å². The fraction of sp³-hybridized carbons (Fsp3) is 0.0345. The molecule has 0 bridgehead atoms. The molecule has 0 atom stereocenters. The summed E-state index contributed by atoms with van der Waals surface area (Å²) in [5.41, 5.74) is 1.59. The van der Waals surface area contributed by atoms with Gasteiger partial charge in [-0.05, 0) is 54.1 Å². The maximum Gasteiger partial charge on any atom is 0.196 e. The normalized spacial score (nSPS) is 13.1. The molecule has 10 heteroatoms. The van der Waals surface area contributed by atoms with Crippen molar-refractivity contribution in [1.29, 1.82) is 0 Å². The Kier molecular flexibility index (Phi) is 5.75. The van der Waals surface area contributed by atoms with Gasteiger partial charge in [-0.3, -0.25) is 0 Å². The molecule has 0 saturated heterocycles. The zero-order valence-electron chi connectivity index (χ0n) is 19.9. The van der Waals surface area contributed by atoms with E-state index >= 15 is 0 Å². The Morgan fingerprint density at radius 1 is 0.718 bits per heavy atom. The van der Waals surface area contributed by atoms with E-state index in [9.17, 15) is 26.3 Å². The van der Waals surface area contributed by atoms with Gasteiger partial charge in [0.05, 0.1) is 24.0 Å². The van der Waals surface area contributed by atoms with Crippen LogP contribution in [0.3, 0.4) is 0 Å². The largest absolute Gasteiger partial charge is 0.497 e. The maximum absolute atomic E-state index is 14.7. The van der Waals surface area contributed by atoms with Crippen LogP contribution in [0.5, 0.6) is 5.75 Å². The lowest BCUT2D eigenvalue weighted by Gasteiger charge is -2.15. The Balaban J connectivity index is 1.68. The molecule has 0 spiro atoms. The summed E-state index contributed by atoms with van der Waals surface area (Å²) >= 11 is 0. The number of methoxy groups -OCH3 is 1. The second-order valence-electron chi connectivity index (χ2n) is 8.64. The Morgan fingerprint density at radius 2 is 1.44 bits per heavy atom. The third-order valence-electron chi connectivity index (χ3n) is 6.42. The lowest BCUT2D eigenvalue weighted by atomic mass is 10.0. The molecule has 1 aromatic heterocycles. The van der Waals surface area contributed by atoms with Crippen molar-refractivity contribution in [2.75, 3.05) is 12.4 Å². The summed E-state index contributed by atoms with van der Waals surface area (Å²) in [6.45, 7) is 0. The summed E-state index contributed by atoms with van der Waals surface area (Å²) in [6.07, 6.45) is 0. The SMILES string of the molecule is COc1ccc2c(c1)C(=Nc1ccc(F)c(F)c1F)c1c-2c(Nc2ccc(F)c(F)c2F)nc2ccccc12. The predicted molar refractivity (Wildman–Crippen MR) is 135 cm³/mol. The molecule has 1 aliphatic rings. The number of benzene rings is 4. The monoisotopic (exact) mass is 535 g/mol. The topological polar surface area (TPSA) is 46.5 Å². The van der Waals surface area contributed by atoms with E-state index in [0.29, 0.717) is 38.9 Å². The first kappa shape index (κ1) is 24.5. The average molecular weight is 535 g/mol. The van der Waals surface area contributed by atoms with E-state index in [0.717, 1.165) is 24.3 Å². The van der Waals surface area contributed by atoms with Gasteiger partial charge in [-0.15, -0.1) is 0 Å². The van der Waals surface area contributed by atoms with Crippen LogP contribution >= 0.6 is 0 Å². The third kappa shape index (κ3) is 3.87. The van der Waals surface area contributed by atoms with E-state index in [2.05, 4.69) is 15.3 Å². The molecule has 1 N–H and O–H groups in total. The van der Waals surface area contributed by atoms with Gasteiger partial charge in [-0.1, -0.05) is 18.2 Å². The molecule has 0 radical (unpaired) electrons. The molecule has 0 aliphatic heterocycles. The maximum atomic E-state index is 14.7. The zero-order chi connectivity index (χ0) is 27.4. The Bertz CT molecular complexity index is 1850. The van der Waals surface area contributed by atoms with Crippen LogP contribution in [-0.2, 0) is 0 Å². The predicted octanol–water partition coefficient (Wildman–Crippen LogP) is 7.97. The van der Waals surface area contributed by atoms with Crippen LogP contribution in [0.25, 0.3) is 22.0 Å². The van der Waals surface area contributed by atoms with Crippen molar-refractivity contribution in [3.63, 3.8) is 0 Å². The first-order valence-corrected chi connectivity index (χ1v) is 11.5. The van der Waals surface area contributed by atoms with Crippen molar-refractivity contribution in [2.45, 2.75) is 0 Å². The summed E-state index contributed by atoms with van der Waals surface area (Å²) < 4.78 is 90.0. The molecule has 1 heterocycles.